The van der Waals surface area contributed by atoms with Gasteiger partial charge >= 0.3 is 0 Å². The lowest BCUT2D eigenvalue weighted by atomic mass is 9.95. The van der Waals surface area contributed by atoms with E-state index in [1.54, 1.807) is 38.1 Å². The molecule has 1 heterocycles. The number of nitrogens with one attached hydrogen (secondary N) is 1. The SMILES string of the molecule is CC(C)S(=O)(=O)c1ccc(CC(=O)NC[C@@](O)(c2cccs2)C2CC2)cc1. The van der Waals surface area contributed by atoms with Gasteiger partial charge in [-0.15, -0.1) is 11.3 Å². The van der Waals surface area contributed by atoms with Gasteiger partial charge in [0.1, 0.15) is 5.60 Å². The van der Waals surface area contributed by atoms with Gasteiger partial charge in [0.25, 0.3) is 0 Å². The van der Waals surface area contributed by atoms with Crippen LogP contribution in [0.1, 0.15) is 37.1 Å². The van der Waals surface area contributed by atoms with Crippen molar-refractivity contribution >= 4 is 27.1 Å². The molecule has 0 saturated heterocycles. The van der Waals surface area contributed by atoms with Crippen molar-refractivity contribution in [2.75, 3.05) is 6.54 Å². The first-order valence-corrected chi connectivity index (χ1v) is 11.5. The van der Waals surface area contributed by atoms with Crippen molar-refractivity contribution in [3.8, 4) is 0 Å². The van der Waals surface area contributed by atoms with Crippen molar-refractivity contribution in [1.29, 1.82) is 0 Å². The molecule has 0 bridgehead atoms. The minimum Gasteiger partial charge on any atom is -0.382 e. The summed E-state index contributed by atoms with van der Waals surface area (Å²) in [7, 11) is -3.31. The molecule has 27 heavy (non-hydrogen) atoms. The van der Waals surface area contributed by atoms with Crippen LogP contribution in [0.2, 0.25) is 0 Å². The maximum absolute atomic E-state index is 12.3. The van der Waals surface area contributed by atoms with Crippen LogP contribution in [0.5, 0.6) is 0 Å². The molecular formula is C20H25NO4S2. The van der Waals surface area contributed by atoms with Crippen molar-refractivity contribution in [3.63, 3.8) is 0 Å². The third kappa shape index (κ3) is 4.42. The van der Waals surface area contributed by atoms with E-state index in [0.717, 1.165) is 23.3 Å². The molecule has 0 unspecified atom stereocenters. The third-order valence-corrected chi connectivity index (χ3v) is 8.20. The molecule has 2 aromatic rings. The number of sulfone groups is 1. The maximum atomic E-state index is 12.3. The standard InChI is InChI=1S/C20H25NO4S2/c1-14(2)27(24,25)17-9-5-15(6-10-17)12-19(22)21-13-20(23,16-7-8-16)18-4-3-11-26-18/h3-6,9-11,14,16,23H,7-8,12-13H2,1-2H3,(H,21,22)/t20-/m0/s1. The summed E-state index contributed by atoms with van der Waals surface area (Å²) in [5.41, 5.74) is -0.264. The quantitative estimate of drug-likeness (QED) is 0.705. The summed E-state index contributed by atoms with van der Waals surface area (Å²) in [6.45, 7) is 3.48. The predicted molar refractivity (Wildman–Crippen MR) is 106 cm³/mol. The monoisotopic (exact) mass is 407 g/mol. The molecular weight excluding hydrogens is 382 g/mol. The Morgan fingerprint density at radius 3 is 2.44 bits per heavy atom. The maximum Gasteiger partial charge on any atom is 0.224 e. The van der Waals surface area contributed by atoms with Gasteiger partial charge in [-0.2, -0.15) is 0 Å². The fourth-order valence-electron chi connectivity index (χ4n) is 3.07. The van der Waals surface area contributed by atoms with Gasteiger partial charge in [-0.1, -0.05) is 18.2 Å². The van der Waals surface area contributed by atoms with Crippen LogP contribution in [-0.4, -0.2) is 31.2 Å². The Labute approximate surface area is 164 Å². The van der Waals surface area contributed by atoms with E-state index in [0.29, 0.717) is 0 Å². The Bertz CT molecular complexity index is 885. The number of carbonyl (C=O) groups excluding carboxylic acids is 1. The van der Waals surface area contributed by atoms with Crippen LogP contribution in [0.25, 0.3) is 0 Å². The first kappa shape index (κ1) is 20.0. The molecule has 0 aliphatic heterocycles. The van der Waals surface area contributed by atoms with E-state index in [-0.39, 0.29) is 29.7 Å². The lowest BCUT2D eigenvalue weighted by molar-refractivity contribution is -0.122. The van der Waals surface area contributed by atoms with Crippen molar-refractivity contribution < 1.29 is 18.3 Å². The van der Waals surface area contributed by atoms with Gasteiger partial charge < -0.3 is 10.4 Å². The highest BCUT2D eigenvalue weighted by atomic mass is 32.2. The van der Waals surface area contributed by atoms with Crippen LogP contribution in [0.3, 0.4) is 0 Å². The highest BCUT2D eigenvalue weighted by molar-refractivity contribution is 7.92. The summed E-state index contributed by atoms with van der Waals surface area (Å²) in [5.74, 6) is 0.00192. The molecule has 1 aliphatic rings. The topological polar surface area (TPSA) is 83.5 Å². The number of hydrogen-bond donors (Lipinski definition) is 2. The van der Waals surface area contributed by atoms with Crippen molar-refractivity contribution in [1.82, 2.24) is 5.32 Å². The number of hydrogen-bond acceptors (Lipinski definition) is 5. The normalized spacial score (nSPS) is 16.9. The molecule has 1 amide bonds. The minimum absolute atomic E-state index is 0.146. The molecule has 1 aromatic carbocycles. The number of thiophene rings is 1. The predicted octanol–water partition coefficient (Wildman–Crippen LogP) is 2.89. The van der Waals surface area contributed by atoms with Crippen LogP contribution < -0.4 is 5.32 Å². The third-order valence-electron chi connectivity index (χ3n) is 4.99. The van der Waals surface area contributed by atoms with Gasteiger partial charge in [0.15, 0.2) is 9.84 Å². The Kier molecular flexibility index (Phi) is 5.74. The largest absolute Gasteiger partial charge is 0.382 e. The van der Waals surface area contributed by atoms with Gasteiger partial charge in [-0.05, 0) is 61.7 Å². The van der Waals surface area contributed by atoms with Crippen LogP contribution in [-0.2, 0) is 26.7 Å². The van der Waals surface area contributed by atoms with Crippen LogP contribution in [0.4, 0.5) is 0 Å². The number of rotatable bonds is 8. The van der Waals surface area contributed by atoms with Gasteiger partial charge in [-0.3, -0.25) is 4.79 Å². The Balaban J connectivity index is 1.61. The zero-order valence-electron chi connectivity index (χ0n) is 15.5. The Morgan fingerprint density at radius 1 is 1.26 bits per heavy atom. The molecule has 1 fully saturated rings. The van der Waals surface area contributed by atoms with E-state index in [1.807, 2.05) is 17.5 Å². The highest BCUT2D eigenvalue weighted by Gasteiger charge is 2.45. The lowest BCUT2D eigenvalue weighted by Crippen LogP contribution is -2.42. The summed E-state index contributed by atoms with van der Waals surface area (Å²) >= 11 is 1.50. The molecule has 1 aliphatic carbocycles. The molecule has 0 spiro atoms. The molecule has 146 valence electrons. The number of carbonyl (C=O) groups is 1. The first-order valence-electron chi connectivity index (χ1n) is 9.09. The Morgan fingerprint density at radius 2 is 1.93 bits per heavy atom. The molecule has 2 N–H and O–H groups in total. The number of aliphatic hydroxyl groups is 1. The van der Waals surface area contributed by atoms with Crippen molar-refractivity contribution in [2.45, 2.75) is 48.9 Å². The summed E-state index contributed by atoms with van der Waals surface area (Å²) in [6.07, 6.45) is 2.08. The van der Waals surface area contributed by atoms with Crippen molar-refractivity contribution in [3.05, 3.63) is 52.2 Å². The molecule has 1 atom stereocenters. The zero-order chi connectivity index (χ0) is 19.7. The summed E-state index contributed by atoms with van der Waals surface area (Å²) < 4.78 is 24.3. The molecule has 5 nitrogen and oxygen atoms in total. The van der Waals surface area contributed by atoms with Crippen molar-refractivity contribution in [2.24, 2.45) is 5.92 Å². The second-order valence-corrected chi connectivity index (χ2v) is 10.8. The van der Waals surface area contributed by atoms with Crippen LogP contribution >= 0.6 is 11.3 Å². The lowest BCUT2D eigenvalue weighted by Gasteiger charge is -2.27. The molecule has 3 rings (SSSR count). The van der Waals surface area contributed by atoms with Crippen LogP contribution in [0.15, 0.2) is 46.7 Å². The molecule has 1 saturated carbocycles. The van der Waals surface area contributed by atoms with E-state index in [4.69, 9.17) is 0 Å². The summed E-state index contributed by atoms with van der Waals surface area (Å²) in [4.78, 5) is 13.5. The molecule has 0 radical (unpaired) electrons. The Hall–Kier alpha value is -1.70. The number of amides is 1. The average Bonchev–Trinajstić information content (AvgIpc) is 3.35. The van der Waals surface area contributed by atoms with Gasteiger partial charge in [0.05, 0.1) is 23.1 Å². The number of benzene rings is 1. The second kappa shape index (κ2) is 7.73. The average molecular weight is 408 g/mol. The summed E-state index contributed by atoms with van der Waals surface area (Å²) in [5, 5.41) is 15.3. The van der Waals surface area contributed by atoms with Gasteiger partial charge in [0.2, 0.25) is 5.91 Å². The van der Waals surface area contributed by atoms with E-state index in [9.17, 15) is 18.3 Å². The minimum atomic E-state index is -3.31. The van der Waals surface area contributed by atoms with E-state index < -0.39 is 20.7 Å². The fourth-order valence-corrected chi connectivity index (χ4v) is 5.03. The van der Waals surface area contributed by atoms with E-state index in [1.165, 1.54) is 11.3 Å². The summed E-state index contributed by atoms with van der Waals surface area (Å²) in [6, 6.07) is 10.2. The van der Waals surface area contributed by atoms with E-state index in [2.05, 4.69) is 5.32 Å². The van der Waals surface area contributed by atoms with Gasteiger partial charge in [0, 0.05) is 4.88 Å². The zero-order valence-corrected chi connectivity index (χ0v) is 17.1. The van der Waals surface area contributed by atoms with Gasteiger partial charge in [-0.25, -0.2) is 8.42 Å². The molecule has 1 aromatic heterocycles. The first-order chi connectivity index (χ1) is 12.7. The molecule has 7 heteroatoms. The fraction of sp³-hybridized carbons (Fsp3) is 0.450. The smallest absolute Gasteiger partial charge is 0.224 e. The van der Waals surface area contributed by atoms with Crippen LogP contribution in [0, 0.1) is 5.92 Å². The highest BCUT2D eigenvalue weighted by Crippen LogP contribution is 2.46. The second-order valence-electron chi connectivity index (χ2n) is 7.37. The van der Waals surface area contributed by atoms with E-state index >= 15 is 0 Å².